The van der Waals surface area contributed by atoms with E-state index in [0.717, 1.165) is 18.5 Å². The molecular formula is C12H20N4O2. The Morgan fingerprint density at radius 3 is 2.56 bits per heavy atom. The van der Waals surface area contributed by atoms with E-state index in [2.05, 4.69) is 10.3 Å². The van der Waals surface area contributed by atoms with Gasteiger partial charge in [-0.25, -0.2) is 4.98 Å². The van der Waals surface area contributed by atoms with Crippen molar-refractivity contribution in [3.63, 3.8) is 0 Å². The van der Waals surface area contributed by atoms with Crippen molar-refractivity contribution in [3.8, 4) is 0 Å². The minimum atomic E-state index is -0.440. The lowest BCUT2D eigenvalue weighted by Crippen LogP contribution is -2.45. The van der Waals surface area contributed by atoms with Crippen LogP contribution in [0.5, 0.6) is 0 Å². The number of nitrogens with one attached hydrogen (secondary N) is 1. The monoisotopic (exact) mass is 252 g/mol. The van der Waals surface area contributed by atoms with E-state index in [4.69, 9.17) is 5.73 Å². The second kappa shape index (κ2) is 5.77. The predicted molar refractivity (Wildman–Crippen MR) is 71.6 cm³/mol. The van der Waals surface area contributed by atoms with Crippen molar-refractivity contribution in [2.24, 2.45) is 5.73 Å². The molecule has 18 heavy (non-hydrogen) atoms. The third kappa shape index (κ3) is 3.40. The van der Waals surface area contributed by atoms with Gasteiger partial charge in [0, 0.05) is 23.8 Å². The third-order valence-electron chi connectivity index (χ3n) is 3.23. The van der Waals surface area contributed by atoms with Gasteiger partial charge in [-0.3, -0.25) is 10.1 Å². The second-order valence-corrected chi connectivity index (χ2v) is 4.50. The Morgan fingerprint density at radius 1 is 1.44 bits per heavy atom. The fourth-order valence-corrected chi connectivity index (χ4v) is 1.59. The van der Waals surface area contributed by atoms with Gasteiger partial charge in [0.05, 0.1) is 4.92 Å². The van der Waals surface area contributed by atoms with E-state index in [-0.39, 0.29) is 17.0 Å². The molecule has 0 atom stereocenters. The third-order valence-corrected chi connectivity index (χ3v) is 3.23. The highest BCUT2D eigenvalue weighted by Gasteiger charge is 2.22. The molecule has 0 fully saturated rings. The first-order chi connectivity index (χ1) is 8.41. The van der Waals surface area contributed by atoms with Gasteiger partial charge in [0.15, 0.2) is 0 Å². The molecule has 0 unspecified atom stereocenters. The molecule has 3 N–H and O–H groups in total. The molecule has 100 valence electrons. The molecule has 0 amide bonds. The van der Waals surface area contributed by atoms with E-state index in [0.29, 0.717) is 6.54 Å². The van der Waals surface area contributed by atoms with Crippen LogP contribution in [0.2, 0.25) is 0 Å². The van der Waals surface area contributed by atoms with Gasteiger partial charge < -0.3 is 11.1 Å². The molecule has 0 saturated carbocycles. The molecule has 0 aliphatic carbocycles. The summed E-state index contributed by atoms with van der Waals surface area (Å²) in [6.07, 6.45) is 1.60. The molecule has 0 aliphatic heterocycles. The lowest BCUT2D eigenvalue weighted by Gasteiger charge is -2.27. The summed E-state index contributed by atoms with van der Waals surface area (Å²) >= 11 is 0. The van der Waals surface area contributed by atoms with Gasteiger partial charge in [0.1, 0.15) is 0 Å². The van der Waals surface area contributed by atoms with Crippen LogP contribution in [-0.4, -0.2) is 22.0 Å². The Bertz CT molecular complexity index is 430. The molecule has 6 nitrogen and oxygen atoms in total. The van der Waals surface area contributed by atoms with Gasteiger partial charge in [0.2, 0.25) is 5.82 Å². The largest absolute Gasteiger partial charge is 0.362 e. The van der Waals surface area contributed by atoms with Gasteiger partial charge >= 0.3 is 5.69 Å². The second-order valence-electron chi connectivity index (χ2n) is 4.50. The molecule has 0 spiro atoms. The van der Waals surface area contributed by atoms with Crippen LogP contribution in [0.25, 0.3) is 0 Å². The normalized spacial score (nSPS) is 11.3. The molecule has 0 radical (unpaired) electrons. The fourth-order valence-electron chi connectivity index (χ4n) is 1.59. The Morgan fingerprint density at radius 2 is 2.06 bits per heavy atom. The van der Waals surface area contributed by atoms with Crippen molar-refractivity contribution in [3.05, 3.63) is 27.9 Å². The molecule has 1 heterocycles. The minimum Gasteiger partial charge on any atom is -0.362 e. The quantitative estimate of drug-likeness (QED) is 0.598. The minimum absolute atomic E-state index is 0.0184. The number of nitrogens with two attached hydrogens (primary N) is 1. The number of aromatic nitrogens is 1. The summed E-state index contributed by atoms with van der Waals surface area (Å²) in [5, 5.41) is 13.9. The fraction of sp³-hybridized carbons (Fsp3) is 0.583. The Labute approximate surface area is 107 Å². The molecular weight excluding hydrogens is 232 g/mol. The van der Waals surface area contributed by atoms with Crippen LogP contribution in [0, 0.1) is 17.0 Å². The smallest absolute Gasteiger partial charge is 0.311 e. The number of nitro groups is 1. The number of nitrogens with zero attached hydrogens (tertiary/aromatic N) is 2. The zero-order valence-electron chi connectivity index (χ0n) is 11.1. The average Bonchev–Trinajstić information content (AvgIpc) is 2.35. The lowest BCUT2D eigenvalue weighted by atomic mass is 9.94. The zero-order chi connectivity index (χ0) is 13.8. The van der Waals surface area contributed by atoms with Crippen molar-refractivity contribution in [1.82, 2.24) is 4.98 Å². The number of rotatable bonds is 6. The van der Waals surface area contributed by atoms with E-state index in [1.54, 1.807) is 13.0 Å². The lowest BCUT2D eigenvalue weighted by molar-refractivity contribution is -0.384. The van der Waals surface area contributed by atoms with Crippen LogP contribution in [-0.2, 0) is 0 Å². The van der Waals surface area contributed by atoms with Crippen molar-refractivity contribution < 1.29 is 4.92 Å². The van der Waals surface area contributed by atoms with Crippen molar-refractivity contribution in [2.45, 2.75) is 39.2 Å². The van der Waals surface area contributed by atoms with Crippen LogP contribution < -0.4 is 11.1 Å². The number of pyridine rings is 1. The predicted octanol–water partition coefficient (Wildman–Crippen LogP) is 2.23. The highest BCUT2D eigenvalue weighted by molar-refractivity contribution is 5.56. The average molecular weight is 252 g/mol. The van der Waals surface area contributed by atoms with E-state index in [1.807, 2.05) is 13.8 Å². The SMILES string of the molecule is CCC(N)(CC)CNc1nc(C)ccc1[N+](=O)[O-]. The molecule has 1 aromatic heterocycles. The topological polar surface area (TPSA) is 94.1 Å². The molecule has 6 heteroatoms. The van der Waals surface area contributed by atoms with E-state index >= 15 is 0 Å². The van der Waals surface area contributed by atoms with E-state index < -0.39 is 4.92 Å². The van der Waals surface area contributed by atoms with Crippen LogP contribution in [0.1, 0.15) is 32.4 Å². The Hall–Kier alpha value is -1.69. The number of aryl methyl sites for hydroxylation is 1. The summed E-state index contributed by atoms with van der Waals surface area (Å²) < 4.78 is 0. The number of hydrogen-bond donors (Lipinski definition) is 2. The first-order valence-corrected chi connectivity index (χ1v) is 6.06. The van der Waals surface area contributed by atoms with Crippen LogP contribution in [0.15, 0.2) is 12.1 Å². The molecule has 1 aromatic rings. The Balaban J connectivity index is 2.90. The van der Waals surface area contributed by atoms with Crippen molar-refractivity contribution in [2.75, 3.05) is 11.9 Å². The van der Waals surface area contributed by atoms with E-state index in [9.17, 15) is 10.1 Å². The zero-order valence-corrected chi connectivity index (χ0v) is 11.1. The maximum Gasteiger partial charge on any atom is 0.311 e. The van der Waals surface area contributed by atoms with Crippen LogP contribution in [0.3, 0.4) is 0 Å². The van der Waals surface area contributed by atoms with Crippen molar-refractivity contribution in [1.29, 1.82) is 0 Å². The van der Waals surface area contributed by atoms with Gasteiger partial charge in [-0.15, -0.1) is 0 Å². The van der Waals surface area contributed by atoms with Gasteiger partial charge in [0.25, 0.3) is 0 Å². The first kappa shape index (κ1) is 14.4. The highest BCUT2D eigenvalue weighted by Crippen LogP contribution is 2.23. The van der Waals surface area contributed by atoms with E-state index in [1.165, 1.54) is 6.07 Å². The molecule has 1 rings (SSSR count). The number of hydrogen-bond acceptors (Lipinski definition) is 5. The van der Waals surface area contributed by atoms with Crippen molar-refractivity contribution >= 4 is 11.5 Å². The summed E-state index contributed by atoms with van der Waals surface area (Å²) in [5.41, 5.74) is 6.50. The number of anilines is 1. The van der Waals surface area contributed by atoms with Crippen LogP contribution in [0.4, 0.5) is 11.5 Å². The molecule has 0 saturated heterocycles. The summed E-state index contributed by atoms with van der Waals surface area (Å²) in [7, 11) is 0. The highest BCUT2D eigenvalue weighted by atomic mass is 16.6. The van der Waals surface area contributed by atoms with Gasteiger partial charge in [-0.2, -0.15) is 0 Å². The van der Waals surface area contributed by atoms with Gasteiger partial charge in [-0.05, 0) is 25.8 Å². The summed E-state index contributed by atoms with van der Waals surface area (Å²) in [4.78, 5) is 14.6. The van der Waals surface area contributed by atoms with Gasteiger partial charge in [-0.1, -0.05) is 13.8 Å². The maximum absolute atomic E-state index is 10.9. The van der Waals surface area contributed by atoms with Crippen LogP contribution >= 0.6 is 0 Å². The molecule has 0 aliphatic rings. The maximum atomic E-state index is 10.9. The summed E-state index contributed by atoms with van der Waals surface area (Å²) in [5.74, 6) is 0.289. The summed E-state index contributed by atoms with van der Waals surface area (Å²) in [6, 6.07) is 3.08. The molecule has 0 aromatic carbocycles. The Kier molecular flexibility index (Phi) is 4.61. The first-order valence-electron chi connectivity index (χ1n) is 6.06. The summed E-state index contributed by atoms with van der Waals surface area (Å²) in [6.45, 7) is 6.27. The standard InChI is InChI=1S/C12H20N4O2/c1-4-12(13,5-2)8-14-11-10(16(17)18)7-6-9(3)15-11/h6-7H,4-5,8,13H2,1-3H3,(H,14,15). The molecule has 0 bridgehead atoms.